The number of carboxylic acids is 1. The number of unbranched alkanes of at least 4 members (excludes halogenated alkanes) is 7. The monoisotopic (exact) mass is 527 g/mol. The van der Waals surface area contributed by atoms with Gasteiger partial charge in [-0.05, 0) is 37.0 Å². The fraction of sp³-hybridized carbons (Fsp3) is 0.519. The van der Waals surface area contributed by atoms with Crippen LogP contribution in [0.4, 0.5) is 0 Å². The maximum Gasteiger partial charge on any atom is 0.333 e. The third-order valence-electron chi connectivity index (χ3n) is 6.83. The number of carbonyl (C=O) groups is 2. The molecule has 206 valence electrons. The van der Waals surface area contributed by atoms with Crippen molar-refractivity contribution in [2.45, 2.75) is 76.4 Å². The van der Waals surface area contributed by atoms with Crippen molar-refractivity contribution in [3.63, 3.8) is 0 Å². The Morgan fingerprint density at radius 3 is 2.29 bits per heavy atom. The number of imidazole rings is 1. The molecule has 0 aliphatic heterocycles. The second-order valence-electron chi connectivity index (χ2n) is 9.71. The molecular weight excluding hydrogens is 490 g/mol. The minimum Gasteiger partial charge on any atom is -0.508 e. The first-order valence-electron chi connectivity index (χ1n) is 13.1. The molecule has 11 heteroatoms. The number of fused-ring (bicyclic) bond motifs is 1. The molecule has 3 N–H and O–H groups in total. The average molecular weight is 528 g/mol. The van der Waals surface area contributed by atoms with E-state index in [-0.39, 0.29) is 23.3 Å². The van der Waals surface area contributed by atoms with Crippen LogP contribution in [-0.4, -0.2) is 47.2 Å². The third-order valence-corrected chi connectivity index (χ3v) is 6.83. The summed E-state index contributed by atoms with van der Waals surface area (Å²) in [4.78, 5) is 53.6. The first kappa shape index (κ1) is 28.8. The number of hydrogen-bond donors (Lipinski definition) is 3. The maximum atomic E-state index is 13.5. The first-order chi connectivity index (χ1) is 18.2. The van der Waals surface area contributed by atoms with Gasteiger partial charge in [-0.3, -0.25) is 19.5 Å². The highest BCUT2D eigenvalue weighted by atomic mass is 16.4. The molecule has 2 heterocycles. The minimum atomic E-state index is -1.11. The van der Waals surface area contributed by atoms with Crippen LogP contribution in [0.25, 0.3) is 11.2 Å². The zero-order valence-electron chi connectivity index (χ0n) is 22.0. The number of nitrogens with one attached hydrogen (secondary N) is 1. The van der Waals surface area contributed by atoms with Gasteiger partial charge in [0.2, 0.25) is 0 Å². The Labute approximate surface area is 220 Å². The molecule has 1 unspecified atom stereocenters. The fourth-order valence-corrected chi connectivity index (χ4v) is 4.69. The van der Waals surface area contributed by atoms with Crippen molar-refractivity contribution in [3.05, 3.63) is 57.0 Å². The lowest BCUT2D eigenvalue weighted by Crippen LogP contribution is -2.50. The number of aliphatic carboxylic acids is 1. The van der Waals surface area contributed by atoms with Gasteiger partial charge in [0.15, 0.2) is 11.2 Å². The van der Waals surface area contributed by atoms with Crippen molar-refractivity contribution in [2.75, 3.05) is 0 Å². The molecule has 0 fully saturated rings. The highest BCUT2D eigenvalue weighted by Gasteiger charge is 2.27. The van der Waals surface area contributed by atoms with E-state index in [1.807, 2.05) is 0 Å². The van der Waals surface area contributed by atoms with Gasteiger partial charge in [-0.25, -0.2) is 14.3 Å². The number of phenolic OH excluding ortho intramolecular Hbond substituents is 1. The largest absolute Gasteiger partial charge is 0.508 e. The fourth-order valence-electron chi connectivity index (χ4n) is 4.69. The average Bonchev–Trinajstić information content (AvgIpc) is 3.28. The van der Waals surface area contributed by atoms with Crippen LogP contribution in [0.1, 0.15) is 69.5 Å². The van der Waals surface area contributed by atoms with Crippen molar-refractivity contribution < 1.29 is 19.8 Å². The SMILES string of the molecule is Cn1cnc2c1c(=O)n([C@@H](CCCCCCCCCC=O)NC(Cc1ccc(O)cc1)C(=O)O)c(=O)n2C. The van der Waals surface area contributed by atoms with Gasteiger partial charge in [-0.2, -0.15) is 0 Å². The summed E-state index contributed by atoms with van der Waals surface area (Å²) in [6.45, 7) is 0. The number of aryl methyl sites for hydroxylation is 2. The van der Waals surface area contributed by atoms with Crippen LogP contribution in [0.2, 0.25) is 0 Å². The molecule has 11 nitrogen and oxygen atoms in total. The molecule has 1 aromatic carbocycles. The third kappa shape index (κ3) is 7.18. The molecule has 0 aliphatic rings. The Kier molecular flexibility index (Phi) is 10.4. The highest BCUT2D eigenvalue weighted by molar-refractivity contribution is 5.74. The van der Waals surface area contributed by atoms with Gasteiger partial charge in [0, 0.05) is 20.5 Å². The molecule has 38 heavy (non-hydrogen) atoms. The summed E-state index contributed by atoms with van der Waals surface area (Å²) < 4.78 is 3.97. The quantitative estimate of drug-likeness (QED) is 0.190. The second-order valence-corrected chi connectivity index (χ2v) is 9.71. The van der Waals surface area contributed by atoms with Crippen molar-refractivity contribution in [2.24, 2.45) is 14.1 Å². The van der Waals surface area contributed by atoms with Crippen LogP contribution in [0, 0.1) is 0 Å². The number of rotatable bonds is 16. The highest BCUT2D eigenvalue weighted by Crippen LogP contribution is 2.17. The summed E-state index contributed by atoms with van der Waals surface area (Å²) in [6, 6.07) is 5.19. The summed E-state index contributed by atoms with van der Waals surface area (Å²) in [5.41, 5.74) is 0.135. The molecule has 0 saturated carbocycles. The second kappa shape index (κ2) is 13.7. The van der Waals surface area contributed by atoms with Crippen molar-refractivity contribution in [1.29, 1.82) is 0 Å². The van der Waals surface area contributed by atoms with Crippen molar-refractivity contribution >= 4 is 23.4 Å². The molecule has 0 radical (unpaired) electrons. The minimum absolute atomic E-state index is 0.0785. The molecule has 3 rings (SSSR count). The van der Waals surface area contributed by atoms with Gasteiger partial charge in [0.1, 0.15) is 18.1 Å². The van der Waals surface area contributed by atoms with Crippen LogP contribution >= 0.6 is 0 Å². The molecule has 0 aliphatic carbocycles. The molecule has 0 amide bonds. The normalized spacial score (nSPS) is 13.0. The molecule has 0 saturated heterocycles. The van der Waals surface area contributed by atoms with E-state index < -0.39 is 29.4 Å². The number of benzene rings is 1. The summed E-state index contributed by atoms with van der Waals surface area (Å²) in [6.07, 6.45) is 9.16. The molecule has 2 aromatic heterocycles. The van der Waals surface area contributed by atoms with E-state index in [4.69, 9.17) is 0 Å². The van der Waals surface area contributed by atoms with Gasteiger partial charge in [-0.15, -0.1) is 0 Å². The van der Waals surface area contributed by atoms with Gasteiger partial charge in [0.25, 0.3) is 5.56 Å². The molecule has 2 atom stereocenters. The zero-order chi connectivity index (χ0) is 27.7. The van der Waals surface area contributed by atoms with E-state index in [2.05, 4.69) is 10.3 Å². The number of aldehydes is 1. The van der Waals surface area contributed by atoms with Gasteiger partial charge < -0.3 is 19.6 Å². The lowest BCUT2D eigenvalue weighted by molar-refractivity contribution is -0.140. The predicted octanol–water partition coefficient (Wildman–Crippen LogP) is 2.63. The van der Waals surface area contributed by atoms with Crippen LogP contribution in [-0.2, 0) is 30.1 Å². The summed E-state index contributed by atoms with van der Waals surface area (Å²) in [7, 11) is 3.22. The summed E-state index contributed by atoms with van der Waals surface area (Å²) in [5, 5.41) is 22.6. The van der Waals surface area contributed by atoms with E-state index in [0.717, 1.165) is 49.4 Å². The molecule has 0 bridgehead atoms. The Hall–Kier alpha value is -3.73. The van der Waals surface area contributed by atoms with Gasteiger partial charge in [-0.1, -0.05) is 50.7 Å². The Bertz CT molecular complexity index is 1340. The molecule has 3 aromatic rings. The van der Waals surface area contributed by atoms with E-state index >= 15 is 0 Å². The van der Waals surface area contributed by atoms with Crippen molar-refractivity contribution in [3.8, 4) is 5.75 Å². The van der Waals surface area contributed by atoms with E-state index in [1.165, 1.54) is 23.0 Å². The zero-order valence-corrected chi connectivity index (χ0v) is 22.0. The van der Waals surface area contributed by atoms with E-state index in [9.17, 15) is 29.4 Å². The molecule has 0 spiro atoms. The van der Waals surface area contributed by atoms with Crippen LogP contribution < -0.4 is 16.6 Å². The topological polar surface area (TPSA) is 148 Å². The molecular formula is C27H37N5O6. The number of aromatic hydroxyl groups is 1. The maximum absolute atomic E-state index is 13.5. The number of phenols is 1. The van der Waals surface area contributed by atoms with Crippen LogP contribution in [0.5, 0.6) is 5.75 Å². The predicted molar refractivity (Wildman–Crippen MR) is 143 cm³/mol. The number of nitrogens with zero attached hydrogens (tertiary/aromatic N) is 4. The number of aromatic nitrogens is 4. The van der Waals surface area contributed by atoms with Gasteiger partial charge >= 0.3 is 11.7 Å². The lowest BCUT2D eigenvalue weighted by Gasteiger charge is -2.25. The Morgan fingerprint density at radius 2 is 1.66 bits per heavy atom. The van der Waals surface area contributed by atoms with Gasteiger partial charge in [0.05, 0.1) is 12.5 Å². The smallest absolute Gasteiger partial charge is 0.333 e. The number of hydrogen-bond acceptors (Lipinski definition) is 7. The lowest BCUT2D eigenvalue weighted by atomic mass is 10.0. The van der Waals surface area contributed by atoms with E-state index in [0.29, 0.717) is 24.8 Å². The first-order valence-corrected chi connectivity index (χ1v) is 13.1. The Balaban J connectivity index is 1.83. The van der Waals surface area contributed by atoms with Crippen LogP contribution in [0.3, 0.4) is 0 Å². The summed E-state index contributed by atoms with van der Waals surface area (Å²) in [5.74, 6) is -1.03. The standard InChI is InChI=1S/C27H37N5O6/c1-30-18-28-24-23(30)25(35)32(27(38)31(24)2)22(11-9-7-5-3-4-6-8-10-16-33)29-21(26(36)37)17-19-12-14-20(34)15-13-19/h12-16,18,21-22,29,34H,3-11,17H2,1-2H3,(H,36,37)/t21?,22-/m0/s1. The van der Waals surface area contributed by atoms with Crippen molar-refractivity contribution in [1.82, 2.24) is 24.0 Å². The number of carboxylic acid groups (broad SMARTS) is 1. The van der Waals surface area contributed by atoms with Crippen LogP contribution in [0.15, 0.2) is 40.2 Å². The number of carbonyl (C=O) groups excluding carboxylic acids is 1. The van der Waals surface area contributed by atoms with E-state index in [1.54, 1.807) is 30.8 Å². The Morgan fingerprint density at radius 1 is 1.03 bits per heavy atom. The summed E-state index contributed by atoms with van der Waals surface area (Å²) >= 11 is 0.